The van der Waals surface area contributed by atoms with Crippen LogP contribution in [0, 0.1) is 5.82 Å². The highest BCUT2D eigenvalue weighted by Crippen LogP contribution is 2.17. The van der Waals surface area contributed by atoms with E-state index in [-0.39, 0.29) is 23.6 Å². The molecule has 0 radical (unpaired) electrons. The number of benzene rings is 2. The Morgan fingerprint density at radius 3 is 2.57 bits per heavy atom. The van der Waals surface area contributed by atoms with E-state index in [2.05, 4.69) is 10.4 Å². The van der Waals surface area contributed by atoms with Crippen LogP contribution in [0.15, 0.2) is 59.6 Å². The molecule has 8 nitrogen and oxygen atoms in total. The summed E-state index contributed by atoms with van der Waals surface area (Å²) in [6.45, 7) is 2.55. The van der Waals surface area contributed by atoms with Crippen molar-refractivity contribution in [2.45, 2.75) is 24.9 Å². The predicted octanol–water partition coefficient (Wildman–Crippen LogP) is 2.13. The summed E-state index contributed by atoms with van der Waals surface area (Å²) in [6, 6.07) is 12.0. The van der Waals surface area contributed by atoms with Gasteiger partial charge in [-0.05, 0) is 42.8 Å². The Bertz CT molecular complexity index is 1140. The average Bonchev–Trinajstić information content (AvgIpc) is 3.12. The van der Waals surface area contributed by atoms with Gasteiger partial charge in [-0.3, -0.25) is 0 Å². The van der Waals surface area contributed by atoms with Crippen molar-refractivity contribution in [2.24, 2.45) is 5.14 Å². The van der Waals surface area contributed by atoms with Crippen molar-refractivity contribution in [3.05, 3.63) is 77.4 Å². The van der Waals surface area contributed by atoms with Crippen molar-refractivity contribution in [3.8, 4) is 5.69 Å². The monoisotopic (exact) mass is 432 g/mol. The molecule has 0 amide bonds. The minimum absolute atomic E-state index is 0.0278. The first-order chi connectivity index (χ1) is 14.3. The van der Waals surface area contributed by atoms with Crippen molar-refractivity contribution in [3.63, 3.8) is 0 Å². The maximum atomic E-state index is 13.7. The van der Waals surface area contributed by atoms with E-state index >= 15 is 0 Å². The molecule has 0 bridgehead atoms. The second kappa shape index (κ2) is 9.16. The summed E-state index contributed by atoms with van der Waals surface area (Å²) in [5.41, 5.74) is 2.08. The topological polar surface area (TPSA) is 116 Å². The lowest BCUT2D eigenvalue weighted by atomic mass is 10.2. The van der Waals surface area contributed by atoms with Crippen molar-refractivity contribution >= 4 is 16.0 Å². The van der Waals surface area contributed by atoms with Crippen LogP contribution >= 0.6 is 0 Å². The summed E-state index contributed by atoms with van der Waals surface area (Å²) in [5, 5.41) is 12.5. The number of esters is 1. The number of ether oxygens (including phenoxy) is 1. The highest BCUT2D eigenvalue weighted by atomic mass is 32.2. The highest BCUT2D eigenvalue weighted by molar-refractivity contribution is 7.89. The third-order valence-electron chi connectivity index (χ3n) is 4.29. The molecule has 0 aliphatic carbocycles. The van der Waals surface area contributed by atoms with Crippen molar-refractivity contribution in [1.29, 1.82) is 0 Å². The predicted molar refractivity (Wildman–Crippen MR) is 108 cm³/mol. The fourth-order valence-electron chi connectivity index (χ4n) is 2.88. The number of halogens is 1. The second-order valence-corrected chi connectivity index (χ2v) is 7.97. The van der Waals surface area contributed by atoms with Gasteiger partial charge in [0.15, 0.2) is 0 Å². The Hall–Kier alpha value is -3.08. The summed E-state index contributed by atoms with van der Waals surface area (Å²) in [5.74, 6) is -0.941. The van der Waals surface area contributed by atoms with Gasteiger partial charge in [-0.2, -0.15) is 5.10 Å². The molecular weight excluding hydrogens is 411 g/mol. The Labute approximate surface area is 173 Å². The van der Waals surface area contributed by atoms with Gasteiger partial charge >= 0.3 is 5.97 Å². The van der Waals surface area contributed by atoms with Gasteiger partial charge in [0.1, 0.15) is 11.4 Å². The van der Waals surface area contributed by atoms with Gasteiger partial charge in [-0.15, -0.1) is 0 Å². The van der Waals surface area contributed by atoms with Crippen molar-refractivity contribution in [1.82, 2.24) is 15.1 Å². The molecule has 0 aliphatic rings. The van der Waals surface area contributed by atoms with Crippen LogP contribution in [0.25, 0.3) is 5.69 Å². The first kappa shape index (κ1) is 21.6. The molecule has 3 N–H and O–H groups in total. The molecule has 3 aromatic rings. The SMILES string of the molecule is CCOC(=O)c1cnn(-c2cccc(F)c2)c1CNCc1ccc(S(N)(=O)=O)cc1. The average molecular weight is 432 g/mol. The molecule has 10 heteroatoms. The normalized spacial score (nSPS) is 11.4. The van der Waals surface area contributed by atoms with Gasteiger partial charge in [-0.25, -0.2) is 27.4 Å². The third kappa shape index (κ3) is 5.09. The summed E-state index contributed by atoms with van der Waals surface area (Å²) in [6.07, 6.45) is 1.39. The van der Waals surface area contributed by atoms with Gasteiger partial charge in [0.25, 0.3) is 0 Å². The Morgan fingerprint density at radius 2 is 1.93 bits per heavy atom. The van der Waals surface area contributed by atoms with E-state index in [1.54, 1.807) is 31.2 Å². The smallest absolute Gasteiger partial charge is 0.341 e. The standard InChI is InChI=1S/C20H21FN4O4S/c1-2-29-20(26)18-12-24-25(16-5-3-4-15(21)10-16)19(18)13-23-11-14-6-8-17(9-7-14)30(22,27)28/h3-10,12,23H,2,11,13H2,1H3,(H2,22,27,28). The molecule has 0 saturated carbocycles. The second-order valence-electron chi connectivity index (χ2n) is 6.41. The zero-order chi connectivity index (χ0) is 21.7. The molecular formula is C20H21FN4O4S. The highest BCUT2D eigenvalue weighted by Gasteiger charge is 2.19. The minimum atomic E-state index is -3.75. The Balaban J connectivity index is 1.81. The number of rotatable bonds is 8. The molecule has 3 rings (SSSR count). The Morgan fingerprint density at radius 1 is 1.20 bits per heavy atom. The number of carbonyl (C=O) groups excluding carboxylic acids is 1. The van der Waals surface area contributed by atoms with E-state index in [0.717, 1.165) is 5.56 Å². The first-order valence-electron chi connectivity index (χ1n) is 9.12. The molecule has 0 unspecified atom stereocenters. The molecule has 0 spiro atoms. The number of nitrogens with one attached hydrogen (secondary N) is 1. The number of hydrogen-bond acceptors (Lipinski definition) is 6. The maximum absolute atomic E-state index is 13.7. The van der Waals surface area contributed by atoms with E-state index in [0.29, 0.717) is 17.9 Å². The quantitative estimate of drug-likeness (QED) is 0.527. The number of primary sulfonamides is 1. The fraction of sp³-hybridized carbons (Fsp3) is 0.200. The molecule has 30 heavy (non-hydrogen) atoms. The molecule has 0 aliphatic heterocycles. The van der Waals surface area contributed by atoms with Gasteiger partial charge in [-0.1, -0.05) is 18.2 Å². The van der Waals surface area contributed by atoms with Crippen LogP contribution in [-0.4, -0.2) is 30.8 Å². The van der Waals surface area contributed by atoms with E-state index in [1.165, 1.54) is 35.1 Å². The summed E-state index contributed by atoms with van der Waals surface area (Å²) in [7, 11) is -3.75. The zero-order valence-electron chi connectivity index (χ0n) is 16.2. The van der Waals surface area contributed by atoms with Crippen molar-refractivity contribution in [2.75, 3.05) is 6.61 Å². The lowest BCUT2D eigenvalue weighted by molar-refractivity contribution is 0.0525. The largest absolute Gasteiger partial charge is 0.462 e. The van der Waals surface area contributed by atoms with Crippen LogP contribution in [0.5, 0.6) is 0 Å². The molecule has 1 aromatic heterocycles. The van der Waals surface area contributed by atoms with Crippen molar-refractivity contribution < 1.29 is 22.3 Å². The number of carbonyl (C=O) groups is 1. The molecule has 1 heterocycles. The molecule has 0 fully saturated rings. The molecule has 0 atom stereocenters. The number of hydrogen-bond donors (Lipinski definition) is 2. The lowest BCUT2D eigenvalue weighted by Gasteiger charge is -2.11. The van der Waals surface area contributed by atoms with Gasteiger partial charge in [0, 0.05) is 13.1 Å². The molecule has 2 aromatic carbocycles. The van der Waals surface area contributed by atoms with Gasteiger partial charge in [0.05, 0.1) is 29.1 Å². The van der Waals surface area contributed by atoms with Crippen LogP contribution in [0.3, 0.4) is 0 Å². The summed E-state index contributed by atoms with van der Waals surface area (Å²) < 4.78 is 42.9. The van der Waals surface area contributed by atoms with E-state index in [1.807, 2.05) is 0 Å². The number of aromatic nitrogens is 2. The number of sulfonamides is 1. The number of nitrogens with zero attached hydrogens (tertiary/aromatic N) is 2. The van der Waals surface area contributed by atoms with E-state index < -0.39 is 21.8 Å². The third-order valence-corrected chi connectivity index (χ3v) is 5.22. The Kier molecular flexibility index (Phi) is 6.60. The zero-order valence-corrected chi connectivity index (χ0v) is 17.0. The summed E-state index contributed by atoms with van der Waals surface area (Å²) in [4.78, 5) is 12.3. The fourth-order valence-corrected chi connectivity index (χ4v) is 3.39. The van der Waals surface area contributed by atoms with E-state index in [9.17, 15) is 17.6 Å². The van der Waals surface area contributed by atoms with Gasteiger partial charge in [0.2, 0.25) is 10.0 Å². The van der Waals surface area contributed by atoms with Gasteiger partial charge < -0.3 is 10.1 Å². The van der Waals surface area contributed by atoms with Crippen LogP contribution in [0.2, 0.25) is 0 Å². The number of nitrogens with two attached hydrogens (primary N) is 1. The van der Waals surface area contributed by atoms with Crippen LogP contribution in [0.4, 0.5) is 4.39 Å². The molecule has 0 saturated heterocycles. The van der Waals surface area contributed by atoms with Crippen LogP contribution < -0.4 is 10.5 Å². The van der Waals surface area contributed by atoms with Crippen LogP contribution in [0.1, 0.15) is 28.5 Å². The van der Waals surface area contributed by atoms with Crippen LogP contribution in [-0.2, 0) is 27.8 Å². The van der Waals surface area contributed by atoms with E-state index in [4.69, 9.17) is 9.88 Å². The lowest BCUT2D eigenvalue weighted by Crippen LogP contribution is -2.19. The minimum Gasteiger partial charge on any atom is -0.462 e. The maximum Gasteiger partial charge on any atom is 0.341 e. The summed E-state index contributed by atoms with van der Waals surface area (Å²) >= 11 is 0. The first-order valence-corrected chi connectivity index (χ1v) is 10.7. The molecule has 158 valence electrons.